The van der Waals surface area contributed by atoms with Crippen LogP contribution in [0.25, 0.3) is 0 Å². The van der Waals surface area contributed by atoms with Crippen LogP contribution in [-0.4, -0.2) is 19.7 Å². The smallest absolute Gasteiger partial charge is 0.267 e. The predicted octanol–water partition coefficient (Wildman–Crippen LogP) is 2.21. The van der Waals surface area contributed by atoms with Crippen molar-refractivity contribution < 1.29 is 0 Å². The highest BCUT2D eigenvalue weighted by Crippen LogP contribution is 2.38. The van der Waals surface area contributed by atoms with Crippen LogP contribution >= 0.6 is 27.7 Å². The summed E-state index contributed by atoms with van der Waals surface area (Å²) in [6, 6.07) is 4.08. The van der Waals surface area contributed by atoms with E-state index in [9.17, 15) is 4.79 Å². The summed E-state index contributed by atoms with van der Waals surface area (Å²) >= 11 is 4.82. The van der Waals surface area contributed by atoms with Crippen molar-refractivity contribution in [1.82, 2.24) is 19.7 Å². The molecule has 0 aliphatic heterocycles. The van der Waals surface area contributed by atoms with E-state index in [0.29, 0.717) is 11.2 Å². The number of H-pyrrole nitrogens is 1. The molecule has 3 rings (SSSR count). The first-order valence-electron chi connectivity index (χ1n) is 5.21. The Kier molecular flexibility index (Phi) is 2.79. The number of nitrogens with one attached hydrogen (secondary N) is 1. The standard InChI is InChI=1S/C10H9BrN4OS/c11-7-2-1-5-12-8(7)17-10-14-13-9(16)15(10)6-3-4-6/h1-2,5-6H,3-4H2,(H,13,16). The van der Waals surface area contributed by atoms with Crippen molar-refractivity contribution in [2.75, 3.05) is 0 Å². The van der Waals surface area contributed by atoms with E-state index in [4.69, 9.17) is 0 Å². The van der Waals surface area contributed by atoms with Crippen LogP contribution in [-0.2, 0) is 0 Å². The summed E-state index contributed by atoms with van der Waals surface area (Å²) in [6.45, 7) is 0. The van der Waals surface area contributed by atoms with Gasteiger partial charge in [0.1, 0.15) is 5.03 Å². The Morgan fingerprint density at radius 3 is 3.06 bits per heavy atom. The van der Waals surface area contributed by atoms with Gasteiger partial charge in [-0.2, -0.15) is 0 Å². The highest BCUT2D eigenvalue weighted by Gasteiger charge is 2.29. The summed E-state index contributed by atoms with van der Waals surface area (Å²) in [4.78, 5) is 15.8. The van der Waals surface area contributed by atoms with Crippen molar-refractivity contribution in [2.45, 2.75) is 29.1 Å². The lowest BCUT2D eigenvalue weighted by molar-refractivity contribution is 0.642. The number of nitrogens with zero attached hydrogens (tertiary/aromatic N) is 3. The molecular formula is C10H9BrN4OS. The molecule has 1 N–H and O–H groups in total. The van der Waals surface area contributed by atoms with Gasteiger partial charge in [-0.15, -0.1) is 5.10 Å². The number of hydrogen-bond donors (Lipinski definition) is 1. The van der Waals surface area contributed by atoms with Gasteiger partial charge in [0, 0.05) is 12.2 Å². The molecule has 17 heavy (non-hydrogen) atoms. The average molecular weight is 313 g/mol. The van der Waals surface area contributed by atoms with E-state index < -0.39 is 0 Å². The van der Waals surface area contributed by atoms with Crippen LogP contribution in [0.1, 0.15) is 18.9 Å². The number of aromatic nitrogens is 4. The van der Waals surface area contributed by atoms with Gasteiger partial charge in [-0.3, -0.25) is 4.57 Å². The van der Waals surface area contributed by atoms with E-state index in [2.05, 4.69) is 31.1 Å². The van der Waals surface area contributed by atoms with Crippen LogP contribution in [0.3, 0.4) is 0 Å². The number of hydrogen-bond acceptors (Lipinski definition) is 4. The Hall–Kier alpha value is -1.08. The third kappa shape index (κ3) is 2.16. The molecule has 1 aliphatic rings. The first kappa shape index (κ1) is 11.0. The zero-order valence-electron chi connectivity index (χ0n) is 8.76. The number of halogens is 1. The van der Waals surface area contributed by atoms with Crippen LogP contribution < -0.4 is 5.69 Å². The Bertz CT molecular complexity index is 604. The maximum absolute atomic E-state index is 11.6. The van der Waals surface area contributed by atoms with E-state index in [1.807, 2.05) is 12.1 Å². The van der Waals surface area contributed by atoms with Crippen LogP contribution in [0.4, 0.5) is 0 Å². The minimum Gasteiger partial charge on any atom is -0.267 e. The van der Waals surface area contributed by atoms with Gasteiger partial charge in [-0.05, 0) is 52.7 Å². The highest BCUT2D eigenvalue weighted by atomic mass is 79.9. The van der Waals surface area contributed by atoms with Crippen LogP contribution in [0, 0.1) is 0 Å². The SMILES string of the molecule is O=c1[nH]nc(Sc2ncccc2Br)n1C1CC1. The maximum Gasteiger partial charge on any atom is 0.344 e. The third-order valence-electron chi connectivity index (χ3n) is 2.50. The third-order valence-corrected chi connectivity index (χ3v) is 4.39. The van der Waals surface area contributed by atoms with Crippen LogP contribution in [0.2, 0.25) is 0 Å². The van der Waals surface area contributed by atoms with Crippen LogP contribution in [0.5, 0.6) is 0 Å². The van der Waals surface area contributed by atoms with E-state index in [-0.39, 0.29) is 5.69 Å². The lowest BCUT2D eigenvalue weighted by atomic mass is 10.5. The predicted molar refractivity (Wildman–Crippen MR) is 67.2 cm³/mol. The Balaban J connectivity index is 1.96. The summed E-state index contributed by atoms with van der Waals surface area (Å²) in [5.74, 6) is 0. The van der Waals surface area contributed by atoms with Crippen LogP contribution in [0.15, 0.2) is 37.8 Å². The van der Waals surface area contributed by atoms with Crippen molar-refractivity contribution in [2.24, 2.45) is 0 Å². The Morgan fingerprint density at radius 1 is 1.53 bits per heavy atom. The molecule has 7 heteroatoms. The minimum atomic E-state index is -0.137. The second-order valence-electron chi connectivity index (χ2n) is 3.80. The molecule has 1 fully saturated rings. The van der Waals surface area contributed by atoms with E-state index in [1.165, 1.54) is 11.8 Å². The average Bonchev–Trinajstić information content (AvgIpc) is 3.08. The summed E-state index contributed by atoms with van der Waals surface area (Å²) in [5, 5.41) is 8.02. The van der Waals surface area contributed by atoms with E-state index >= 15 is 0 Å². The molecule has 0 amide bonds. The van der Waals surface area contributed by atoms with Gasteiger partial charge in [0.25, 0.3) is 0 Å². The van der Waals surface area contributed by atoms with Gasteiger partial charge >= 0.3 is 5.69 Å². The van der Waals surface area contributed by atoms with Crippen molar-refractivity contribution in [3.63, 3.8) is 0 Å². The summed E-state index contributed by atoms with van der Waals surface area (Å²) < 4.78 is 2.62. The Labute approximate surface area is 110 Å². The molecule has 0 bridgehead atoms. The number of pyridine rings is 1. The second-order valence-corrected chi connectivity index (χ2v) is 5.62. The minimum absolute atomic E-state index is 0.137. The molecule has 2 heterocycles. The quantitative estimate of drug-likeness (QED) is 0.944. The molecule has 5 nitrogen and oxygen atoms in total. The number of aromatic amines is 1. The molecule has 0 unspecified atom stereocenters. The van der Waals surface area contributed by atoms with Gasteiger partial charge in [0.2, 0.25) is 0 Å². The van der Waals surface area contributed by atoms with Gasteiger partial charge in [-0.25, -0.2) is 14.9 Å². The fourth-order valence-corrected chi connectivity index (χ4v) is 2.92. The second kappa shape index (κ2) is 4.30. The highest BCUT2D eigenvalue weighted by molar-refractivity contribution is 9.10. The zero-order chi connectivity index (χ0) is 11.8. The molecule has 0 saturated heterocycles. The molecular weight excluding hydrogens is 304 g/mol. The molecule has 1 saturated carbocycles. The molecule has 0 radical (unpaired) electrons. The molecule has 2 aromatic rings. The largest absolute Gasteiger partial charge is 0.344 e. The lowest BCUT2D eigenvalue weighted by Crippen LogP contribution is -2.16. The fraction of sp³-hybridized carbons (Fsp3) is 0.300. The Morgan fingerprint density at radius 2 is 2.35 bits per heavy atom. The first-order valence-corrected chi connectivity index (χ1v) is 6.82. The molecule has 1 aliphatic carbocycles. The van der Waals surface area contributed by atoms with Gasteiger partial charge in [-0.1, -0.05) is 0 Å². The molecule has 0 aromatic carbocycles. The van der Waals surface area contributed by atoms with Crippen molar-refractivity contribution >= 4 is 27.7 Å². The van der Waals surface area contributed by atoms with Gasteiger partial charge in [0.05, 0.1) is 4.47 Å². The normalized spacial score (nSPS) is 15.1. The van der Waals surface area contributed by atoms with E-state index in [1.54, 1.807) is 10.8 Å². The molecule has 0 atom stereocenters. The molecule has 88 valence electrons. The summed E-state index contributed by atoms with van der Waals surface area (Å²) in [5.41, 5.74) is -0.137. The summed E-state index contributed by atoms with van der Waals surface area (Å²) in [7, 11) is 0. The van der Waals surface area contributed by atoms with Crippen molar-refractivity contribution in [3.8, 4) is 0 Å². The van der Waals surface area contributed by atoms with Gasteiger partial charge in [0.15, 0.2) is 5.16 Å². The van der Waals surface area contributed by atoms with E-state index in [0.717, 1.165) is 22.3 Å². The summed E-state index contributed by atoms with van der Waals surface area (Å²) in [6.07, 6.45) is 3.83. The zero-order valence-corrected chi connectivity index (χ0v) is 11.2. The fourth-order valence-electron chi connectivity index (χ4n) is 1.55. The monoisotopic (exact) mass is 312 g/mol. The maximum atomic E-state index is 11.6. The van der Waals surface area contributed by atoms with Crippen molar-refractivity contribution in [3.05, 3.63) is 33.3 Å². The molecule has 0 spiro atoms. The first-order chi connectivity index (χ1) is 8.25. The molecule has 2 aromatic heterocycles. The topological polar surface area (TPSA) is 63.6 Å². The van der Waals surface area contributed by atoms with Crippen molar-refractivity contribution in [1.29, 1.82) is 0 Å². The lowest BCUT2D eigenvalue weighted by Gasteiger charge is -2.03. The number of rotatable bonds is 3. The van der Waals surface area contributed by atoms with Gasteiger partial charge < -0.3 is 0 Å².